The summed E-state index contributed by atoms with van der Waals surface area (Å²) >= 11 is 12.0. The van der Waals surface area contributed by atoms with E-state index in [4.69, 9.17) is 39.0 Å². The van der Waals surface area contributed by atoms with Crippen LogP contribution in [0.25, 0.3) is 0 Å². The summed E-state index contributed by atoms with van der Waals surface area (Å²) in [6.45, 7) is 0. The van der Waals surface area contributed by atoms with E-state index in [0.717, 1.165) is 0 Å². The maximum atomic E-state index is 13.2. The van der Waals surface area contributed by atoms with Gasteiger partial charge < -0.3 is 0 Å². The molecule has 0 amide bonds. The van der Waals surface area contributed by atoms with Gasteiger partial charge in [0.25, 0.3) is 0 Å². The average Bonchev–Trinajstić information content (AvgIpc) is 2.61. The maximum absolute atomic E-state index is 13.2. The number of rotatable bonds is 10. The molecule has 4 nitrogen and oxygen atoms in total. The highest BCUT2D eigenvalue weighted by atomic mass is 35.5. The highest BCUT2D eigenvalue weighted by Gasteiger charge is 2.37. The Bertz CT molecular complexity index is 706. The molecule has 0 atom stereocenters. The van der Waals surface area contributed by atoms with E-state index in [1.165, 1.54) is 0 Å². The summed E-state index contributed by atoms with van der Waals surface area (Å²) in [5.41, 5.74) is -0.318. The first-order valence-electron chi connectivity index (χ1n) is 8.11. The van der Waals surface area contributed by atoms with Gasteiger partial charge in [-0.1, -0.05) is 23.2 Å². The molecule has 0 saturated carbocycles. The summed E-state index contributed by atoms with van der Waals surface area (Å²) in [5, 5.41) is 27.3. The van der Waals surface area contributed by atoms with Crippen molar-refractivity contribution in [1.29, 1.82) is 15.8 Å². The monoisotopic (exact) mass is 375 g/mol. The van der Waals surface area contributed by atoms with Crippen LogP contribution in [-0.4, -0.2) is 5.78 Å². The minimum Gasteiger partial charge on any atom is -0.294 e. The smallest absolute Gasteiger partial charge is 0.169 e. The molecule has 1 rings (SSSR count). The first-order valence-corrected chi connectivity index (χ1v) is 8.87. The van der Waals surface area contributed by atoms with E-state index in [0.29, 0.717) is 60.6 Å². The number of Topliss-reactive ketones (excluding diaryl/α,β-unsaturated/α-hetero) is 1. The second kappa shape index (κ2) is 10.7. The molecule has 0 unspecified atom stereocenters. The SMILES string of the molecule is N#CCCCC(CCC#N)(CCCC#N)C(=O)c1ccc(Cl)c(Cl)c1. The molecule has 0 bridgehead atoms. The van der Waals surface area contributed by atoms with Crippen molar-refractivity contribution in [1.82, 2.24) is 0 Å². The molecule has 0 fully saturated rings. The van der Waals surface area contributed by atoms with Crippen LogP contribution in [0, 0.1) is 39.4 Å². The molecular weight excluding hydrogens is 357 g/mol. The van der Waals surface area contributed by atoms with Crippen molar-refractivity contribution in [2.75, 3.05) is 0 Å². The van der Waals surface area contributed by atoms with Gasteiger partial charge in [0.1, 0.15) is 0 Å². The number of nitrogens with zero attached hydrogens (tertiary/aromatic N) is 3. The van der Waals surface area contributed by atoms with Gasteiger partial charge in [-0.2, -0.15) is 15.8 Å². The van der Waals surface area contributed by atoms with Crippen LogP contribution in [0.3, 0.4) is 0 Å². The third-order valence-electron chi connectivity index (χ3n) is 4.27. The Balaban J connectivity index is 3.20. The molecule has 0 aliphatic heterocycles. The third kappa shape index (κ3) is 6.06. The molecule has 25 heavy (non-hydrogen) atoms. The van der Waals surface area contributed by atoms with E-state index in [2.05, 4.69) is 18.2 Å². The van der Waals surface area contributed by atoms with Crippen LogP contribution in [0.4, 0.5) is 0 Å². The Morgan fingerprint density at radius 3 is 1.92 bits per heavy atom. The Hall–Kier alpha value is -2.06. The van der Waals surface area contributed by atoms with Gasteiger partial charge in [0.2, 0.25) is 0 Å². The highest BCUT2D eigenvalue weighted by molar-refractivity contribution is 6.42. The molecular formula is C19H19Cl2N3O. The molecule has 0 aliphatic carbocycles. The lowest BCUT2D eigenvalue weighted by atomic mass is 9.70. The number of carbonyl (C=O) groups excluding carboxylic acids is 1. The molecule has 1 aromatic rings. The number of nitriles is 3. The van der Waals surface area contributed by atoms with Crippen LogP contribution in [0.2, 0.25) is 10.0 Å². The highest BCUT2D eigenvalue weighted by Crippen LogP contribution is 2.40. The lowest BCUT2D eigenvalue weighted by Gasteiger charge is -2.32. The lowest BCUT2D eigenvalue weighted by molar-refractivity contribution is 0.0732. The fraction of sp³-hybridized carbons (Fsp3) is 0.474. The molecule has 0 heterocycles. The van der Waals surface area contributed by atoms with Gasteiger partial charge >= 0.3 is 0 Å². The van der Waals surface area contributed by atoms with Crippen molar-refractivity contribution in [3.63, 3.8) is 0 Å². The second-order valence-corrected chi connectivity index (χ2v) is 6.73. The van der Waals surface area contributed by atoms with Crippen LogP contribution in [-0.2, 0) is 0 Å². The van der Waals surface area contributed by atoms with Gasteiger partial charge in [-0.15, -0.1) is 0 Å². The van der Waals surface area contributed by atoms with Crippen molar-refractivity contribution in [3.8, 4) is 18.2 Å². The number of ketones is 1. The van der Waals surface area contributed by atoms with Gasteiger partial charge in [-0.05, 0) is 50.3 Å². The number of carbonyl (C=O) groups is 1. The van der Waals surface area contributed by atoms with Gasteiger partial charge in [0.15, 0.2) is 5.78 Å². The Labute approximate surface area is 158 Å². The minimum absolute atomic E-state index is 0.0998. The summed E-state index contributed by atoms with van der Waals surface area (Å²) in [6.07, 6.45) is 3.50. The van der Waals surface area contributed by atoms with E-state index in [-0.39, 0.29) is 12.2 Å². The summed E-state index contributed by atoms with van der Waals surface area (Å²) in [4.78, 5) is 13.2. The lowest BCUT2D eigenvalue weighted by Crippen LogP contribution is -2.31. The predicted octanol–water partition coefficient (Wildman–Crippen LogP) is 5.85. The molecule has 130 valence electrons. The number of benzene rings is 1. The molecule has 6 heteroatoms. The summed E-state index contributed by atoms with van der Waals surface area (Å²) in [5.74, 6) is -0.0998. The van der Waals surface area contributed by atoms with Crippen LogP contribution in [0.1, 0.15) is 61.7 Å². The predicted molar refractivity (Wildman–Crippen MR) is 97.0 cm³/mol. The Kier molecular flexibility index (Phi) is 9.01. The van der Waals surface area contributed by atoms with Crippen LogP contribution < -0.4 is 0 Å². The summed E-state index contributed by atoms with van der Waals surface area (Å²) < 4.78 is 0. The second-order valence-electron chi connectivity index (χ2n) is 5.92. The number of hydrogen-bond acceptors (Lipinski definition) is 4. The van der Waals surface area contributed by atoms with Crippen molar-refractivity contribution >= 4 is 29.0 Å². The van der Waals surface area contributed by atoms with E-state index < -0.39 is 5.41 Å². The summed E-state index contributed by atoms with van der Waals surface area (Å²) in [7, 11) is 0. The quantitative estimate of drug-likeness (QED) is 0.378. The van der Waals surface area contributed by atoms with E-state index in [9.17, 15) is 4.79 Å². The van der Waals surface area contributed by atoms with Gasteiger partial charge in [-0.25, -0.2) is 0 Å². The fourth-order valence-corrected chi connectivity index (χ4v) is 3.26. The van der Waals surface area contributed by atoms with E-state index in [1.807, 2.05) is 0 Å². The average molecular weight is 376 g/mol. The van der Waals surface area contributed by atoms with Crippen molar-refractivity contribution < 1.29 is 4.79 Å². The fourth-order valence-electron chi connectivity index (χ4n) is 2.97. The first-order chi connectivity index (χ1) is 12.0. The maximum Gasteiger partial charge on any atom is 0.169 e. The van der Waals surface area contributed by atoms with E-state index >= 15 is 0 Å². The molecule has 1 aromatic carbocycles. The molecule has 0 N–H and O–H groups in total. The molecule has 0 aliphatic rings. The number of hydrogen-bond donors (Lipinski definition) is 0. The largest absolute Gasteiger partial charge is 0.294 e. The Morgan fingerprint density at radius 1 is 0.880 bits per heavy atom. The van der Waals surface area contributed by atoms with Gasteiger partial charge in [0, 0.05) is 30.2 Å². The van der Waals surface area contributed by atoms with Gasteiger partial charge in [-0.3, -0.25) is 4.79 Å². The molecule has 0 saturated heterocycles. The summed E-state index contributed by atoms with van der Waals surface area (Å²) in [6, 6.07) is 11.0. The third-order valence-corrected chi connectivity index (χ3v) is 5.01. The zero-order valence-electron chi connectivity index (χ0n) is 13.9. The first kappa shape index (κ1) is 21.0. The zero-order valence-corrected chi connectivity index (χ0v) is 15.4. The van der Waals surface area contributed by atoms with Crippen molar-refractivity contribution in [3.05, 3.63) is 33.8 Å². The van der Waals surface area contributed by atoms with Crippen LogP contribution >= 0.6 is 23.2 Å². The van der Waals surface area contributed by atoms with Gasteiger partial charge in [0.05, 0.1) is 28.3 Å². The molecule has 0 radical (unpaired) electrons. The number of unbranched alkanes of at least 4 members (excludes halogenated alkanes) is 2. The number of halogens is 2. The van der Waals surface area contributed by atoms with Crippen LogP contribution in [0.5, 0.6) is 0 Å². The zero-order chi connectivity index (χ0) is 18.7. The van der Waals surface area contributed by atoms with Crippen LogP contribution in [0.15, 0.2) is 18.2 Å². The van der Waals surface area contributed by atoms with E-state index in [1.54, 1.807) is 18.2 Å². The minimum atomic E-state index is -0.763. The topological polar surface area (TPSA) is 88.4 Å². The molecule has 0 aromatic heterocycles. The standard InChI is InChI=1S/C19H19Cl2N3O/c20-16-7-6-15(14-17(16)21)18(25)19(10-5-13-24,8-1-3-11-22)9-2-4-12-23/h6-7,14H,1-5,8-10H2. The van der Waals surface area contributed by atoms with Crippen molar-refractivity contribution in [2.45, 2.75) is 51.4 Å². The van der Waals surface area contributed by atoms with Crippen molar-refractivity contribution in [2.24, 2.45) is 5.41 Å². The Morgan fingerprint density at radius 2 is 1.44 bits per heavy atom. The normalized spacial score (nSPS) is 10.5. The molecule has 0 spiro atoms.